The number of hydrogen-bond acceptors (Lipinski definition) is 4. The minimum atomic E-state index is -0.00675. The topological polar surface area (TPSA) is 66.0 Å². The molecule has 0 saturated carbocycles. The van der Waals surface area contributed by atoms with Gasteiger partial charge in [-0.05, 0) is 49.6 Å². The molecule has 1 unspecified atom stereocenters. The first-order valence-corrected chi connectivity index (χ1v) is 10.4. The maximum absolute atomic E-state index is 11.9. The highest BCUT2D eigenvalue weighted by molar-refractivity contribution is 8.00. The highest BCUT2D eigenvalue weighted by Crippen LogP contribution is 2.36. The van der Waals surface area contributed by atoms with Crippen molar-refractivity contribution < 1.29 is 9.53 Å². The number of ether oxygens (including phenoxy) is 1. The van der Waals surface area contributed by atoms with Crippen molar-refractivity contribution in [1.29, 1.82) is 0 Å². The summed E-state index contributed by atoms with van der Waals surface area (Å²) in [4.78, 5) is 17.9. The number of benzene rings is 1. The molecule has 27 heavy (non-hydrogen) atoms. The Hall–Kier alpha value is -1.89. The molecule has 1 saturated heterocycles. The number of nitrogens with one attached hydrogen (secondary N) is 2. The molecule has 1 fully saturated rings. The first-order valence-electron chi connectivity index (χ1n) is 9.41. The molecule has 1 aromatic carbocycles. The van der Waals surface area contributed by atoms with Crippen molar-refractivity contribution in [3.8, 4) is 5.75 Å². The third kappa shape index (κ3) is 7.33. The quantitative estimate of drug-likeness (QED) is 0.524. The number of rotatable bonds is 8. The van der Waals surface area contributed by atoms with Crippen molar-refractivity contribution in [1.82, 2.24) is 15.5 Å². The molecule has 0 aliphatic carbocycles. The van der Waals surface area contributed by atoms with Gasteiger partial charge in [0.25, 0.3) is 0 Å². The molecule has 1 aliphatic heterocycles. The third-order valence-electron chi connectivity index (χ3n) is 4.67. The second kappa shape index (κ2) is 10.4. The van der Waals surface area contributed by atoms with E-state index in [2.05, 4.69) is 34.7 Å². The Morgan fingerprint density at radius 3 is 2.63 bits per heavy atom. The van der Waals surface area contributed by atoms with Crippen LogP contribution >= 0.6 is 11.8 Å². The molecular formula is C20H32N4O2S. The van der Waals surface area contributed by atoms with Crippen LogP contribution in [0, 0.1) is 0 Å². The van der Waals surface area contributed by atoms with Gasteiger partial charge in [0, 0.05) is 31.9 Å². The number of thioether (sulfide) groups is 1. The average Bonchev–Trinajstić information content (AvgIpc) is 3.10. The Morgan fingerprint density at radius 2 is 2.04 bits per heavy atom. The van der Waals surface area contributed by atoms with Crippen LogP contribution in [0.5, 0.6) is 5.75 Å². The van der Waals surface area contributed by atoms with Gasteiger partial charge in [0.2, 0.25) is 5.91 Å². The van der Waals surface area contributed by atoms with E-state index in [1.54, 1.807) is 26.1 Å². The van der Waals surface area contributed by atoms with Crippen molar-refractivity contribution >= 4 is 23.6 Å². The van der Waals surface area contributed by atoms with Crippen LogP contribution in [-0.2, 0) is 11.2 Å². The van der Waals surface area contributed by atoms with Gasteiger partial charge in [0.1, 0.15) is 12.3 Å². The van der Waals surface area contributed by atoms with Crippen LogP contribution in [-0.4, -0.2) is 68.1 Å². The lowest BCUT2D eigenvalue weighted by Gasteiger charge is -2.24. The normalized spacial score (nSPS) is 19.6. The van der Waals surface area contributed by atoms with Gasteiger partial charge >= 0.3 is 0 Å². The van der Waals surface area contributed by atoms with Crippen LogP contribution in [0.15, 0.2) is 29.3 Å². The predicted octanol–water partition coefficient (Wildman–Crippen LogP) is 2.15. The van der Waals surface area contributed by atoms with Gasteiger partial charge in [-0.2, -0.15) is 11.8 Å². The minimum absolute atomic E-state index is 0.00675. The average molecular weight is 393 g/mol. The summed E-state index contributed by atoms with van der Waals surface area (Å²) >= 11 is 2.01. The van der Waals surface area contributed by atoms with Crippen LogP contribution in [0.3, 0.4) is 0 Å². The Morgan fingerprint density at radius 1 is 1.30 bits per heavy atom. The van der Waals surface area contributed by atoms with E-state index in [1.165, 1.54) is 24.2 Å². The Labute approximate surface area is 167 Å². The lowest BCUT2D eigenvalue weighted by atomic mass is 10.1. The van der Waals surface area contributed by atoms with E-state index in [1.807, 2.05) is 23.9 Å². The largest absolute Gasteiger partial charge is 0.497 e. The molecule has 6 nitrogen and oxygen atoms in total. The van der Waals surface area contributed by atoms with Crippen molar-refractivity contribution in [2.45, 2.75) is 30.9 Å². The molecule has 0 spiro atoms. The van der Waals surface area contributed by atoms with Crippen LogP contribution < -0.4 is 15.4 Å². The molecule has 1 aromatic rings. The molecule has 1 aliphatic rings. The second-order valence-corrected chi connectivity index (χ2v) is 8.92. The zero-order valence-electron chi connectivity index (χ0n) is 16.9. The van der Waals surface area contributed by atoms with Crippen molar-refractivity contribution in [2.75, 3.05) is 46.6 Å². The first kappa shape index (κ1) is 21.4. The van der Waals surface area contributed by atoms with Gasteiger partial charge in [-0.3, -0.25) is 4.79 Å². The summed E-state index contributed by atoms with van der Waals surface area (Å²) < 4.78 is 5.43. The van der Waals surface area contributed by atoms with Crippen molar-refractivity contribution in [3.63, 3.8) is 0 Å². The maximum Gasteiger partial charge on any atom is 0.243 e. The predicted molar refractivity (Wildman–Crippen MR) is 114 cm³/mol. The monoisotopic (exact) mass is 392 g/mol. The van der Waals surface area contributed by atoms with Gasteiger partial charge < -0.3 is 20.3 Å². The molecular weight excluding hydrogens is 360 g/mol. The van der Waals surface area contributed by atoms with E-state index < -0.39 is 0 Å². The summed E-state index contributed by atoms with van der Waals surface area (Å²) in [6.07, 6.45) is 3.35. The van der Waals surface area contributed by atoms with E-state index in [-0.39, 0.29) is 17.2 Å². The number of nitrogens with zero attached hydrogens (tertiary/aromatic N) is 2. The fourth-order valence-electron chi connectivity index (χ4n) is 2.83. The van der Waals surface area contributed by atoms with E-state index in [4.69, 9.17) is 4.74 Å². The Balaban J connectivity index is 1.89. The number of hydrogen-bond donors (Lipinski definition) is 2. The molecule has 1 heterocycles. The number of likely N-dealkylation sites (N-methyl/N-ethyl adjacent to an activating group) is 1. The molecule has 150 valence electrons. The highest BCUT2D eigenvalue weighted by atomic mass is 32.2. The smallest absolute Gasteiger partial charge is 0.243 e. The Bertz CT molecular complexity index is 625. The summed E-state index contributed by atoms with van der Waals surface area (Å²) in [5, 5.41) is 6.79. The summed E-state index contributed by atoms with van der Waals surface area (Å²) in [5.41, 5.74) is 1.23. The van der Waals surface area contributed by atoms with Crippen molar-refractivity contribution in [2.24, 2.45) is 4.99 Å². The van der Waals surface area contributed by atoms with Gasteiger partial charge in [0.15, 0.2) is 5.96 Å². The summed E-state index contributed by atoms with van der Waals surface area (Å²) in [6, 6.07) is 8.07. The third-order valence-corrected chi connectivity index (χ3v) is 6.20. The fraction of sp³-hybridized carbons (Fsp3) is 0.600. The number of methoxy groups -OCH3 is 1. The van der Waals surface area contributed by atoms with E-state index in [0.717, 1.165) is 25.3 Å². The number of carbonyl (C=O) groups is 1. The van der Waals surface area contributed by atoms with Crippen LogP contribution in [0.1, 0.15) is 25.3 Å². The minimum Gasteiger partial charge on any atom is -0.497 e. The van der Waals surface area contributed by atoms with Crippen LogP contribution in [0.4, 0.5) is 0 Å². The van der Waals surface area contributed by atoms with Crippen LogP contribution in [0.2, 0.25) is 0 Å². The number of guanidine groups is 1. The molecule has 7 heteroatoms. The lowest BCUT2D eigenvalue weighted by Crippen LogP contribution is -2.44. The number of amides is 1. The molecule has 0 aromatic heterocycles. The summed E-state index contributed by atoms with van der Waals surface area (Å²) in [5.74, 6) is 2.77. The second-order valence-electron chi connectivity index (χ2n) is 7.23. The van der Waals surface area contributed by atoms with E-state index in [9.17, 15) is 4.79 Å². The van der Waals surface area contributed by atoms with Gasteiger partial charge in [-0.1, -0.05) is 12.1 Å². The van der Waals surface area contributed by atoms with Gasteiger partial charge in [0.05, 0.1) is 7.11 Å². The van der Waals surface area contributed by atoms with Crippen LogP contribution in [0.25, 0.3) is 0 Å². The molecule has 2 N–H and O–H groups in total. The molecule has 1 atom stereocenters. The molecule has 0 radical (unpaired) electrons. The first-order chi connectivity index (χ1) is 12.9. The highest BCUT2D eigenvalue weighted by Gasteiger charge is 2.29. The standard InChI is InChI=1S/C20H32N4O2S/c1-20(11-5-13-27-20)15-23-19(22-14-18(25)24(2)3)21-12-10-16-6-8-17(26-4)9-7-16/h6-9H,5,10-15H2,1-4H3,(H2,21,22,23). The maximum atomic E-state index is 11.9. The lowest BCUT2D eigenvalue weighted by molar-refractivity contribution is -0.127. The zero-order valence-corrected chi connectivity index (χ0v) is 17.7. The molecule has 1 amide bonds. The number of carbonyl (C=O) groups excluding carboxylic acids is 1. The van der Waals surface area contributed by atoms with Gasteiger partial charge in [-0.25, -0.2) is 4.99 Å². The molecule has 2 rings (SSSR count). The zero-order chi connectivity index (χ0) is 19.7. The number of aliphatic imine (C=N–C) groups is 1. The van der Waals surface area contributed by atoms with Gasteiger partial charge in [-0.15, -0.1) is 0 Å². The Kier molecular flexibility index (Phi) is 8.28. The summed E-state index contributed by atoms with van der Waals surface area (Å²) in [6.45, 7) is 4.03. The van der Waals surface area contributed by atoms with E-state index in [0.29, 0.717) is 5.96 Å². The van der Waals surface area contributed by atoms with E-state index >= 15 is 0 Å². The van der Waals surface area contributed by atoms with Crippen molar-refractivity contribution in [3.05, 3.63) is 29.8 Å². The fourth-order valence-corrected chi connectivity index (χ4v) is 4.07. The summed E-state index contributed by atoms with van der Waals surface area (Å²) in [7, 11) is 5.17. The SMILES string of the molecule is COc1ccc(CCNC(=NCC(=O)N(C)C)NCC2(C)CCCS2)cc1. The molecule has 0 bridgehead atoms.